The average Bonchev–Trinajstić information content (AvgIpc) is 3.01. The molecule has 1 aliphatic carbocycles. The fourth-order valence-electron chi connectivity index (χ4n) is 2.91. The summed E-state index contributed by atoms with van der Waals surface area (Å²) in [5.74, 6) is 0.279. The summed E-state index contributed by atoms with van der Waals surface area (Å²) in [5, 5.41) is 3.41. The van der Waals surface area contributed by atoms with E-state index in [2.05, 4.69) is 24.2 Å². The molecule has 3 aliphatic rings. The van der Waals surface area contributed by atoms with Crippen molar-refractivity contribution in [2.24, 2.45) is 0 Å². The molecule has 5 nitrogen and oxygen atoms in total. The van der Waals surface area contributed by atoms with E-state index in [1.54, 1.807) is 0 Å². The highest BCUT2D eigenvalue weighted by Gasteiger charge is 2.58. The molecule has 1 N–H and O–H groups in total. The Balaban J connectivity index is 1.63. The monoisotopic (exact) mass is 239 g/mol. The third kappa shape index (κ3) is 1.96. The van der Waals surface area contributed by atoms with Crippen LogP contribution in [0.5, 0.6) is 0 Å². The first-order valence-electron chi connectivity index (χ1n) is 6.50. The quantitative estimate of drug-likeness (QED) is 0.714. The van der Waals surface area contributed by atoms with Crippen molar-refractivity contribution in [3.63, 3.8) is 0 Å². The van der Waals surface area contributed by atoms with Gasteiger partial charge in [-0.2, -0.15) is 0 Å². The SMILES string of the molecule is CC1NC2(CC2)C(=O)N1CC1CN(C)CCO1. The molecule has 2 heterocycles. The van der Waals surface area contributed by atoms with Gasteiger partial charge in [-0.1, -0.05) is 0 Å². The van der Waals surface area contributed by atoms with E-state index >= 15 is 0 Å². The maximum atomic E-state index is 12.2. The fraction of sp³-hybridized carbons (Fsp3) is 0.917. The van der Waals surface area contributed by atoms with E-state index in [-0.39, 0.29) is 23.7 Å². The predicted molar refractivity (Wildman–Crippen MR) is 63.5 cm³/mol. The summed E-state index contributed by atoms with van der Waals surface area (Å²) >= 11 is 0. The highest BCUT2D eigenvalue weighted by Crippen LogP contribution is 2.42. The number of hydrogen-bond acceptors (Lipinski definition) is 4. The first-order valence-corrected chi connectivity index (χ1v) is 6.50. The molecule has 2 saturated heterocycles. The van der Waals surface area contributed by atoms with Crippen LogP contribution in [0.15, 0.2) is 0 Å². The molecular formula is C12H21N3O2. The lowest BCUT2D eigenvalue weighted by Crippen LogP contribution is -2.48. The third-order valence-corrected chi connectivity index (χ3v) is 4.12. The molecule has 1 spiro atoms. The van der Waals surface area contributed by atoms with Gasteiger partial charge < -0.3 is 14.5 Å². The molecule has 0 aromatic carbocycles. The maximum Gasteiger partial charge on any atom is 0.244 e. The second-order valence-corrected chi connectivity index (χ2v) is 5.61. The lowest BCUT2D eigenvalue weighted by molar-refractivity contribution is -0.133. The fourth-order valence-corrected chi connectivity index (χ4v) is 2.91. The van der Waals surface area contributed by atoms with Crippen molar-refractivity contribution in [1.82, 2.24) is 15.1 Å². The number of morpholine rings is 1. The Morgan fingerprint density at radius 1 is 1.53 bits per heavy atom. The van der Waals surface area contributed by atoms with E-state index in [0.717, 1.165) is 39.1 Å². The summed E-state index contributed by atoms with van der Waals surface area (Å²) in [6.45, 7) is 5.47. The van der Waals surface area contributed by atoms with Crippen molar-refractivity contribution < 1.29 is 9.53 Å². The van der Waals surface area contributed by atoms with Crippen molar-refractivity contribution in [3.05, 3.63) is 0 Å². The van der Waals surface area contributed by atoms with Gasteiger partial charge in [0.1, 0.15) is 0 Å². The molecule has 1 amide bonds. The smallest absolute Gasteiger partial charge is 0.244 e. The van der Waals surface area contributed by atoms with Crippen LogP contribution in [0, 0.1) is 0 Å². The van der Waals surface area contributed by atoms with Gasteiger partial charge in [0, 0.05) is 19.6 Å². The van der Waals surface area contributed by atoms with Gasteiger partial charge in [-0.3, -0.25) is 10.1 Å². The highest BCUT2D eigenvalue weighted by atomic mass is 16.5. The Morgan fingerprint density at radius 2 is 2.29 bits per heavy atom. The highest BCUT2D eigenvalue weighted by molar-refractivity contribution is 5.91. The number of hydrogen-bond donors (Lipinski definition) is 1. The second-order valence-electron chi connectivity index (χ2n) is 5.61. The van der Waals surface area contributed by atoms with Crippen LogP contribution in [0.25, 0.3) is 0 Å². The topological polar surface area (TPSA) is 44.8 Å². The van der Waals surface area contributed by atoms with Crippen LogP contribution in [0.1, 0.15) is 19.8 Å². The van der Waals surface area contributed by atoms with Gasteiger partial charge in [0.2, 0.25) is 5.91 Å². The molecule has 2 aliphatic heterocycles. The minimum atomic E-state index is -0.194. The van der Waals surface area contributed by atoms with E-state index in [1.807, 2.05) is 4.90 Å². The third-order valence-electron chi connectivity index (χ3n) is 4.12. The van der Waals surface area contributed by atoms with Gasteiger partial charge >= 0.3 is 0 Å². The van der Waals surface area contributed by atoms with Gasteiger partial charge in [-0.25, -0.2) is 0 Å². The Morgan fingerprint density at radius 3 is 2.88 bits per heavy atom. The molecule has 3 rings (SSSR count). The molecule has 5 heteroatoms. The van der Waals surface area contributed by atoms with E-state index in [0.29, 0.717) is 0 Å². The van der Waals surface area contributed by atoms with Crippen molar-refractivity contribution in [3.8, 4) is 0 Å². The van der Waals surface area contributed by atoms with Crippen LogP contribution in [0.3, 0.4) is 0 Å². The number of carbonyl (C=O) groups excluding carboxylic acids is 1. The van der Waals surface area contributed by atoms with Crippen LogP contribution in [0.4, 0.5) is 0 Å². The molecule has 0 aromatic rings. The molecule has 1 saturated carbocycles. The number of carbonyl (C=O) groups is 1. The number of rotatable bonds is 2. The van der Waals surface area contributed by atoms with E-state index < -0.39 is 0 Å². The summed E-state index contributed by atoms with van der Waals surface area (Å²) < 4.78 is 5.73. The zero-order chi connectivity index (χ0) is 12.0. The molecule has 0 radical (unpaired) electrons. The van der Waals surface area contributed by atoms with Crippen molar-refractivity contribution in [1.29, 1.82) is 0 Å². The first-order chi connectivity index (χ1) is 8.11. The van der Waals surface area contributed by atoms with Crippen LogP contribution in [-0.2, 0) is 9.53 Å². The van der Waals surface area contributed by atoms with E-state index in [1.165, 1.54) is 0 Å². The van der Waals surface area contributed by atoms with Crippen molar-refractivity contribution in [2.75, 3.05) is 33.3 Å². The van der Waals surface area contributed by atoms with Crippen LogP contribution in [0.2, 0.25) is 0 Å². The van der Waals surface area contributed by atoms with Crippen LogP contribution < -0.4 is 5.32 Å². The van der Waals surface area contributed by atoms with E-state index in [4.69, 9.17) is 4.74 Å². The average molecular weight is 239 g/mol. The molecule has 2 unspecified atom stereocenters. The number of nitrogens with zero attached hydrogens (tertiary/aromatic N) is 2. The zero-order valence-corrected chi connectivity index (χ0v) is 10.6. The normalized spacial score (nSPS) is 36.8. The molecular weight excluding hydrogens is 218 g/mol. The molecule has 3 fully saturated rings. The zero-order valence-electron chi connectivity index (χ0n) is 10.6. The summed E-state index contributed by atoms with van der Waals surface area (Å²) in [6.07, 6.45) is 2.31. The standard InChI is InChI=1S/C12H21N3O2/c1-9-13-12(3-4-12)11(16)15(9)8-10-7-14(2)5-6-17-10/h9-10,13H,3-8H2,1-2H3. The lowest BCUT2D eigenvalue weighted by Gasteiger charge is -2.33. The second kappa shape index (κ2) is 3.93. The first kappa shape index (κ1) is 11.4. The molecule has 17 heavy (non-hydrogen) atoms. The number of likely N-dealkylation sites (N-methyl/N-ethyl adjacent to an activating group) is 1. The Kier molecular flexibility index (Phi) is 2.65. The molecule has 96 valence electrons. The summed E-state index contributed by atoms with van der Waals surface area (Å²) in [5.41, 5.74) is -0.194. The molecule has 0 aromatic heterocycles. The number of amides is 1. The summed E-state index contributed by atoms with van der Waals surface area (Å²) in [6, 6.07) is 0. The lowest BCUT2D eigenvalue weighted by atomic mass is 10.2. The van der Waals surface area contributed by atoms with Crippen molar-refractivity contribution >= 4 is 5.91 Å². The van der Waals surface area contributed by atoms with Crippen LogP contribution >= 0.6 is 0 Å². The summed E-state index contributed by atoms with van der Waals surface area (Å²) in [4.78, 5) is 16.5. The largest absolute Gasteiger partial charge is 0.374 e. The van der Waals surface area contributed by atoms with Gasteiger partial charge in [-0.05, 0) is 26.8 Å². The van der Waals surface area contributed by atoms with Gasteiger partial charge in [0.25, 0.3) is 0 Å². The van der Waals surface area contributed by atoms with Gasteiger partial charge in [-0.15, -0.1) is 0 Å². The number of ether oxygens (including phenoxy) is 1. The maximum absolute atomic E-state index is 12.2. The van der Waals surface area contributed by atoms with Crippen molar-refractivity contribution in [2.45, 2.75) is 37.6 Å². The van der Waals surface area contributed by atoms with Gasteiger partial charge in [0.05, 0.1) is 24.4 Å². The minimum absolute atomic E-state index is 0.154. The van der Waals surface area contributed by atoms with Crippen LogP contribution in [-0.4, -0.2) is 66.8 Å². The Hall–Kier alpha value is -0.650. The molecule has 0 bridgehead atoms. The number of nitrogens with one attached hydrogen (secondary N) is 1. The minimum Gasteiger partial charge on any atom is -0.374 e. The Bertz CT molecular complexity index is 330. The van der Waals surface area contributed by atoms with Gasteiger partial charge in [0.15, 0.2) is 0 Å². The predicted octanol–water partition coefficient (Wildman–Crippen LogP) is -0.373. The summed E-state index contributed by atoms with van der Waals surface area (Å²) in [7, 11) is 2.10. The Labute approximate surface area is 102 Å². The van der Waals surface area contributed by atoms with E-state index in [9.17, 15) is 4.79 Å². The molecule has 2 atom stereocenters.